The number of ether oxygens (including phenoxy) is 2. The predicted octanol–water partition coefficient (Wildman–Crippen LogP) is 4.81. The van der Waals surface area contributed by atoms with E-state index in [0.717, 1.165) is 41.2 Å². The summed E-state index contributed by atoms with van der Waals surface area (Å²) in [5, 5.41) is 12.1. The summed E-state index contributed by atoms with van der Waals surface area (Å²) in [6, 6.07) is 3.98. The lowest BCUT2D eigenvalue weighted by molar-refractivity contribution is 0.355. The standard InChI is InChI=1S/C19H23BrN4O2/c1-5-7-12(2)15-8-6-9-18-22-23-19(24(15)18)21-14-11-17(26-4)16(25-3)10-13(14)20/h5,7,10-11,15H,1,6,8-9H2,2-4H3,(H,21,23). The maximum Gasteiger partial charge on any atom is 0.229 e. The molecule has 2 aromatic rings. The highest BCUT2D eigenvalue weighted by molar-refractivity contribution is 9.10. The Bertz CT molecular complexity index is 844. The van der Waals surface area contributed by atoms with Crippen LogP contribution in [-0.4, -0.2) is 29.0 Å². The van der Waals surface area contributed by atoms with Gasteiger partial charge in [0.2, 0.25) is 5.95 Å². The quantitative estimate of drug-likeness (QED) is 0.681. The second-order valence-corrected chi connectivity index (χ2v) is 7.03. The largest absolute Gasteiger partial charge is 0.493 e. The number of methoxy groups -OCH3 is 2. The molecule has 1 atom stereocenters. The number of hydrogen-bond donors (Lipinski definition) is 1. The Morgan fingerprint density at radius 2 is 2.04 bits per heavy atom. The number of nitrogens with zero attached hydrogens (tertiary/aromatic N) is 3. The molecule has 0 saturated heterocycles. The second kappa shape index (κ2) is 7.95. The summed E-state index contributed by atoms with van der Waals surface area (Å²) in [6.45, 7) is 5.93. The van der Waals surface area contributed by atoms with Crippen molar-refractivity contribution in [1.29, 1.82) is 0 Å². The molecule has 0 radical (unpaired) electrons. The first-order valence-corrected chi connectivity index (χ1v) is 9.29. The summed E-state index contributed by atoms with van der Waals surface area (Å²) in [6.07, 6.45) is 6.97. The molecule has 0 saturated carbocycles. The van der Waals surface area contributed by atoms with Crippen molar-refractivity contribution >= 4 is 27.6 Å². The molecule has 0 aliphatic carbocycles. The van der Waals surface area contributed by atoms with E-state index in [1.165, 1.54) is 5.57 Å². The van der Waals surface area contributed by atoms with Crippen molar-refractivity contribution in [3.05, 3.63) is 46.7 Å². The average molecular weight is 419 g/mol. The van der Waals surface area contributed by atoms with Crippen LogP contribution in [0.3, 0.4) is 0 Å². The number of aromatic nitrogens is 3. The normalized spacial score (nSPS) is 16.8. The van der Waals surface area contributed by atoms with Crippen LogP contribution in [0.4, 0.5) is 11.6 Å². The van der Waals surface area contributed by atoms with Crippen molar-refractivity contribution in [3.8, 4) is 11.5 Å². The minimum absolute atomic E-state index is 0.230. The summed E-state index contributed by atoms with van der Waals surface area (Å²) < 4.78 is 13.8. The van der Waals surface area contributed by atoms with Crippen LogP contribution < -0.4 is 14.8 Å². The van der Waals surface area contributed by atoms with Gasteiger partial charge >= 0.3 is 0 Å². The summed E-state index contributed by atoms with van der Waals surface area (Å²) in [5.74, 6) is 3.03. The van der Waals surface area contributed by atoms with Gasteiger partial charge in [0.15, 0.2) is 11.5 Å². The smallest absolute Gasteiger partial charge is 0.229 e. The monoisotopic (exact) mass is 418 g/mol. The predicted molar refractivity (Wildman–Crippen MR) is 106 cm³/mol. The van der Waals surface area contributed by atoms with Crippen LogP contribution in [0.5, 0.6) is 11.5 Å². The van der Waals surface area contributed by atoms with Gasteiger partial charge < -0.3 is 14.8 Å². The van der Waals surface area contributed by atoms with Crippen LogP contribution in [0.15, 0.2) is 40.9 Å². The van der Waals surface area contributed by atoms with E-state index in [0.29, 0.717) is 11.5 Å². The average Bonchev–Trinajstić information content (AvgIpc) is 3.06. The molecule has 7 heteroatoms. The first-order valence-electron chi connectivity index (χ1n) is 8.50. The number of benzene rings is 1. The van der Waals surface area contributed by atoms with Crippen LogP contribution >= 0.6 is 15.9 Å². The molecule has 3 rings (SSSR count). The summed E-state index contributed by atoms with van der Waals surface area (Å²) >= 11 is 3.58. The maximum atomic E-state index is 5.41. The zero-order valence-corrected chi connectivity index (χ0v) is 16.8. The first-order chi connectivity index (χ1) is 12.6. The Balaban J connectivity index is 1.99. The number of rotatable bonds is 6. The van der Waals surface area contributed by atoms with E-state index >= 15 is 0 Å². The molecule has 0 amide bonds. The minimum atomic E-state index is 0.230. The Kier molecular flexibility index (Phi) is 5.66. The first kappa shape index (κ1) is 18.5. The van der Waals surface area contributed by atoms with Crippen LogP contribution in [-0.2, 0) is 6.42 Å². The van der Waals surface area contributed by atoms with Crippen LogP contribution in [0.25, 0.3) is 0 Å². The Morgan fingerprint density at radius 3 is 2.73 bits per heavy atom. The molecule has 2 heterocycles. The Morgan fingerprint density at radius 1 is 1.31 bits per heavy atom. The molecule has 1 unspecified atom stereocenters. The fourth-order valence-corrected chi connectivity index (χ4v) is 3.71. The van der Waals surface area contributed by atoms with Crippen LogP contribution in [0, 0.1) is 0 Å². The Hall–Kier alpha value is -2.28. The van der Waals surface area contributed by atoms with Gasteiger partial charge in [-0.05, 0) is 35.7 Å². The van der Waals surface area contributed by atoms with Crippen molar-refractivity contribution in [2.75, 3.05) is 19.5 Å². The van der Waals surface area contributed by atoms with E-state index in [9.17, 15) is 0 Å². The molecule has 1 N–H and O–H groups in total. The molecule has 0 fully saturated rings. The number of anilines is 2. The van der Waals surface area contributed by atoms with Gasteiger partial charge in [-0.2, -0.15) is 0 Å². The van der Waals surface area contributed by atoms with Gasteiger partial charge in [-0.25, -0.2) is 0 Å². The highest BCUT2D eigenvalue weighted by Crippen LogP contribution is 2.39. The molecule has 1 aliphatic rings. The topological polar surface area (TPSA) is 61.2 Å². The van der Waals surface area contributed by atoms with E-state index in [4.69, 9.17) is 9.47 Å². The van der Waals surface area contributed by atoms with E-state index in [1.807, 2.05) is 18.2 Å². The molecule has 0 bridgehead atoms. The maximum absolute atomic E-state index is 5.41. The van der Waals surface area contributed by atoms with Gasteiger partial charge in [0.1, 0.15) is 5.82 Å². The number of allylic oxidation sites excluding steroid dienone is 3. The van der Waals surface area contributed by atoms with E-state index in [2.05, 4.69) is 55.6 Å². The van der Waals surface area contributed by atoms with Crippen LogP contribution in [0.2, 0.25) is 0 Å². The lowest BCUT2D eigenvalue weighted by atomic mass is 9.98. The molecule has 138 valence electrons. The van der Waals surface area contributed by atoms with E-state index in [1.54, 1.807) is 14.2 Å². The molecule has 26 heavy (non-hydrogen) atoms. The molecule has 0 spiro atoms. The molecule has 6 nitrogen and oxygen atoms in total. The number of nitrogens with one attached hydrogen (secondary N) is 1. The number of halogens is 1. The number of hydrogen-bond acceptors (Lipinski definition) is 5. The highest BCUT2D eigenvalue weighted by atomic mass is 79.9. The third kappa shape index (κ3) is 3.49. The van der Waals surface area contributed by atoms with Crippen LogP contribution in [0.1, 0.15) is 31.6 Å². The number of fused-ring (bicyclic) bond motifs is 1. The van der Waals surface area contributed by atoms with Crippen molar-refractivity contribution in [2.45, 2.75) is 32.2 Å². The lowest BCUT2D eigenvalue weighted by Crippen LogP contribution is -2.20. The van der Waals surface area contributed by atoms with Crippen molar-refractivity contribution < 1.29 is 9.47 Å². The molecular weight excluding hydrogens is 396 g/mol. The van der Waals surface area contributed by atoms with Gasteiger partial charge in [0.25, 0.3) is 0 Å². The van der Waals surface area contributed by atoms with Gasteiger partial charge in [-0.3, -0.25) is 4.57 Å². The van der Waals surface area contributed by atoms with Crippen molar-refractivity contribution in [1.82, 2.24) is 14.8 Å². The van der Waals surface area contributed by atoms with Gasteiger partial charge in [-0.15, -0.1) is 10.2 Å². The zero-order valence-electron chi connectivity index (χ0n) is 15.3. The third-order valence-corrected chi connectivity index (χ3v) is 5.24. The third-order valence-electron chi connectivity index (χ3n) is 4.58. The molecular formula is C19H23BrN4O2. The highest BCUT2D eigenvalue weighted by Gasteiger charge is 2.26. The Labute approximate surface area is 162 Å². The minimum Gasteiger partial charge on any atom is -0.493 e. The van der Waals surface area contributed by atoms with Gasteiger partial charge in [-0.1, -0.05) is 24.3 Å². The molecule has 1 aromatic carbocycles. The SMILES string of the molecule is C=CC=C(C)C1CCCc2nnc(Nc3cc(OC)c(OC)cc3Br)n21. The van der Waals surface area contributed by atoms with Gasteiger partial charge in [0, 0.05) is 23.0 Å². The lowest BCUT2D eigenvalue weighted by Gasteiger charge is -2.27. The van der Waals surface area contributed by atoms with Gasteiger partial charge in [0.05, 0.1) is 25.9 Å². The zero-order chi connectivity index (χ0) is 18.7. The summed E-state index contributed by atoms with van der Waals surface area (Å²) in [7, 11) is 3.24. The summed E-state index contributed by atoms with van der Waals surface area (Å²) in [5.41, 5.74) is 2.09. The molecule has 1 aromatic heterocycles. The molecule has 1 aliphatic heterocycles. The summed E-state index contributed by atoms with van der Waals surface area (Å²) in [4.78, 5) is 0. The fourth-order valence-electron chi connectivity index (χ4n) is 3.29. The van der Waals surface area contributed by atoms with E-state index in [-0.39, 0.29) is 6.04 Å². The van der Waals surface area contributed by atoms with E-state index < -0.39 is 0 Å². The number of aryl methyl sites for hydroxylation is 1. The fraction of sp³-hybridized carbons (Fsp3) is 0.368. The van der Waals surface area contributed by atoms with Crippen molar-refractivity contribution in [2.24, 2.45) is 0 Å². The van der Waals surface area contributed by atoms with Crippen molar-refractivity contribution in [3.63, 3.8) is 0 Å². The second-order valence-electron chi connectivity index (χ2n) is 6.18.